The topological polar surface area (TPSA) is 85.3 Å². The van der Waals surface area contributed by atoms with E-state index in [4.69, 9.17) is 10.8 Å². The fraction of sp³-hybridized carbons (Fsp3) is 0.333. The van der Waals surface area contributed by atoms with Crippen LogP contribution in [0.2, 0.25) is 0 Å². The molecule has 0 saturated heterocycles. The molecule has 3 N–H and O–H groups in total. The Balaban J connectivity index is 3.28. The molecule has 5 nitrogen and oxygen atoms in total. The van der Waals surface area contributed by atoms with Crippen LogP contribution in [0.15, 0.2) is 23.1 Å². The molecule has 0 bridgehead atoms. The molecule has 5 heteroatoms. The summed E-state index contributed by atoms with van der Waals surface area (Å²) in [6, 6.07) is 2.56. The molecule has 0 aliphatic rings. The highest BCUT2D eigenvalue weighted by Crippen LogP contribution is 2.00. The van der Waals surface area contributed by atoms with Crippen molar-refractivity contribution in [2.45, 2.75) is 13.0 Å². The van der Waals surface area contributed by atoms with E-state index < -0.39 is 11.5 Å². The lowest BCUT2D eigenvalue weighted by Crippen LogP contribution is -2.31. The van der Waals surface area contributed by atoms with Gasteiger partial charge < -0.3 is 15.4 Å². The van der Waals surface area contributed by atoms with Crippen LogP contribution < -0.4 is 11.3 Å². The van der Waals surface area contributed by atoms with Crippen LogP contribution in [0.5, 0.6) is 0 Å². The maximum atomic E-state index is 11.6. The lowest BCUT2D eigenvalue weighted by Gasteiger charge is -2.12. The molecule has 1 rings (SSSR count). The number of carbonyl (C=O) groups excluding carboxylic acids is 1. The average Bonchev–Trinajstić information content (AvgIpc) is 2.16. The largest absolute Gasteiger partial charge is 0.394 e. The third-order valence-corrected chi connectivity index (χ3v) is 1.98. The predicted molar refractivity (Wildman–Crippen MR) is 51.0 cm³/mol. The number of nitrogens with two attached hydrogens (primary N) is 1. The number of primary amides is 1. The molecule has 0 saturated carbocycles. The molecule has 1 amide bonds. The molecule has 1 atom stereocenters. The highest BCUT2D eigenvalue weighted by Gasteiger charge is 2.11. The van der Waals surface area contributed by atoms with Crippen LogP contribution in [0.25, 0.3) is 0 Å². The molecular formula is C9H12N2O3. The third-order valence-electron chi connectivity index (χ3n) is 1.98. The van der Waals surface area contributed by atoms with Gasteiger partial charge in [0.05, 0.1) is 12.6 Å². The van der Waals surface area contributed by atoms with Gasteiger partial charge in [0.1, 0.15) is 5.56 Å². The minimum Gasteiger partial charge on any atom is -0.394 e. The summed E-state index contributed by atoms with van der Waals surface area (Å²) in [5, 5.41) is 8.87. The first-order valence-electron chi connectivity index (χ1n) is 4.19. The maximum Gasteiger partial charge on any atom is 0.263 e. The van der Waals surface area contributed by atoms with Gasteiger partial charge in [0.2, 0.25) is 0 Å². The molecule has 0 spiro atoms. The Morgan fingerprint density at radius 3 is 2.86 bits per heavy atom. The van der Waals surface area contributed by atoms with Crippen molar-refractivity contribution in [3.63, 3.8) is 0 Å². The molecular weight excluding hydrogens is 184 g/mol. The Morgan fingerprint density at radius 2 is 2.36 bits per heavy atom. The molecule has 76 valence electrons. The number of hydrogen-bond donors (Lipinski definition) is 2. The molecule has 0 unspecified atom stereocenters. The quantitative estimate of drug-likeness (QED) is 0.683. The summed E-state index contributed by atoms with van der Waals surface area (Å²) in [5.41, 5.74) is 4.48. The summed E-state index contributed by atoms with van der Waals surface area (Å²) >= 11 is 0. The lowest BCUT2D eigenvalue weighted by molar-refractivity contribution is 0.0997. The Morgan fingerprint density at radius 1 is 1.71 bits per heavy atom. The van der Waals surface area contributed by atoms with Gasteiger partial charge in [-0.25, -0.2) is 0 Å². The van der Waals surface area contributed by atoms with E-state index in [0.717, 1.165) is 0 Å². The maximum absolute atomic E-state index is 11.6. The fourth-order valence-electron chi connectivity index (χ4n) is 1.13. The fourth-order valence-corrected chi connectivity index (χ4v) is 1.13. The lowest BCUT2D eigenvalue weighted by atomic mass is 10.2. The van der Waals surface area contributed by atoms with Gasteiger partial charge in [-0.1, -0.05) is 0 Å². The van der Waals surface area contributed by atoms with Gasteiger partial charge in [-0.3, -0.25) is 9.59 Å². The van der Waals surface area contributed by atoms with Gasteiger partial charge in [-0.15, -0.1) is 0 Å². The molecule has 14 heavy (non-hydrogen) atoms. The Labute approximate surface area is 80.8 Å². The zero-order chi connectivity index (χ0) is 10.7. The molecule has 0 aromatic carbocycles. The van der Waals surface area contributed by atoms with Crippen molar-refractivity contribution in [1.29, 1.82) is 0 Å². The molecule has 1 aromatic heterocycles. The van der Waals surface area contributed by atoms with Gasteiger partial charge in [-0.2, -0.15) is 0 Å². The number of amides is 1. The van der Waals surface area contributed by atoms with Crippen molar-refractivity contribution in [2.75, 3.05) is 6.61 Å². The van der Waals surface area contributed by atoms with E-state index in [-0.39, 0.29) is 18.2 Å². The average molecular weight is 196 g/mol. The minimum absolute atomic E-state index is 0.0622. The minimum atomic E-state index is -0.755. The van der Waals surface area contributed by atoms with Crippen molar-refractivity contribution in [2.24, 2.45) is 5.73 Å². The number of aromatic nitrogens is 1. The van der Waals surface area contributed by atoms with E-state index >= 15 is 0 Å². The van der Waals surface area contributed by atoms with Crippen molar-refractivity contribution >= 4 is 5.91 Å². The standard InChI is InChI=1S/C9H12N2O3/c1-6(5-12)11-4-2-3-7(8(10)13)9(11)14/h2-4,6,12H,5H2,1H3,(H2,10,13)/t6-/m1/s1. The smallest absolute Gasteiger partial charge is 0.263 e. The Hall–Kier alpha value is -1.62. The van der Waals surface area contributed by atoms with Crippen LogP contribution in [0, 0.1) is 0 Å². The normalized spacial score (nSPS) is 12.4. The van der Waals surface area contributed by atoms with Gasteiger partial charge >= 0.3 is 0 Å². The van der Waals surface area contributed by atoms with Gasteiger partial charge in [0.25, 0.3) is 11.5 Å². The van der Waals surface area contributed by atoms with Crippen LogP contribution in [0.4, 0.5) is 0 Å². The monoisotopic (exact) mass is 196 g/mol. The van der Waals surface area contributed by atoms with Crippen molar-refractivity contribution in [3.8, 4) is 0 Å². The molecule has 1 heterocycles. The number of rotatable bonds is 3. The SMILES string of the molecule is C[C@H](CO)n1cccc(C(N)=O)c1=O. The number of aliphatic hydroxyl groups excluding tert-OH is 1. The van der Waals surface area contributed by atoms with Crippen molar-refractivity contribution in [3.05, 3.63) is 34.2 Å². The number of hydrogen-bond acceptors (Lipinski definition) is 3. The summed E-state index contributed by atoms with van der Waals surface area (Å²) in [6.45, 7) is 1.51. The van der Waals surface area contributed by atoms with E-state index in [1.165, 1.54) is 16.8 Å². The molecule has 1 aromatic rings. The number of pyridine rings is 1. The zero-order valence-electron chi connectivity index (χ0n) is 7.80. The number of nitrogens with zero attached hydrogens (tertiary/aromatic N) is 1. The van der Waals surface area contributed by atoms with Gasteiger partial charge in [0, 0.05) is 6.20 Å². The van der Waals surface area contributed by atoms with E-state index in [1.54, 1.807) is 13.0 Å². The van der Waals surface area contributed by atoms with Gasteiger partial charge in [-0.05, 0) is 19.1 Å². The summed E-state index contributed by atoms with van der Waals surface area (Å²) in [6.07, 6.45) is 1.51. The first-order chi connectivity index (χ1) is 6.57. The third kappa shape index (κ3) is 1.82. The van der Waals surface area contributed by atoms with E-state index in [9.17, 15) is 9.59 Å². The first kappa shape index (κ1) is 10.5. The van der Waals surface area contributed by atoms with Crippen LogP contribution in [-0.2, 0) is 0 Å². The van der Waals surface area contributed by atoms with E-state index in [1.807, 2.05) is 0 Å². The second-order valence-electron chi connectivity index (χ2n) is 3.03. The van der Waals surface area contributed by atoms with Gasteiger partial charge in [0.15, 0.2) is 0 Å². The molecule has 0 aliphatic carbocycles. The summed E-state index contributed by atoms with van der Waals surface area (Å²) in [4.78, 5) is 22.4. The van der Waals surface area contributed by atoms with Crippen LogP contribution >= 0.6 is 0 Å². The van der Waals surface area contributed by atoms with E-state index in [2.05, 4.69) is 0 Å². The summed E-state index contributed by atoms with van der Waals surface area (Å²) < 4.78 is 1.28. The highest BCUT2D eigenvalue weighted by atomic mass is 16.3. The van der Waals surface area contributed by atoms with Crippen molar-refractivity contribution in [1.82, 2.24) is 4.57 Å². The summed E-state index contributed by atoms with van der Waals surface area (Å²) in [5.74, 6) is -0.755. The van der Waals surface area contributed by atoms with Crippen molar-refractivity contribution < 1.29 is 9.90 Å². The second-order valence-corrected chi connectivity index (χ2v) is 3.03. The molecule has 0 aliphatic heterocycles. The first-order valence-corrected chi connectivity index (χ1v) is 4.19. The van der Waals surface area contributed by atoms with Crippen LogP contribution in [0.1, 0.15) is 23.3 Å². The Bertz CT molecular complexity index is 397. The van der Waals surface area contributed by atoms with Crippen LogP contribution in [-0.4, -0.2) is 22.2 Å². The summed E-state index contributed by atoms with van der Waals surface area (Å²) in [7, 11) is 0. The Kier molecular flexibility index (Phi) is 3.03. The molecule has 0 fully saturated rings. The van der Waals surface area contributed by atoms with Crippen LogP contribution in [0.3, 0.4) is 0 Å². The second kappa shape index (κ2) is 4.06. The molecule has 0 radical (unpaired) electrons. The highest BCUT2D eigenvalue weighted by molar-refractivity contribution is 5.92. The van der Waals surface area contributed by atoms with E-state index in [0.29, 0.717) is 0 Å². The zero-order valence-corrected chi connectivity index (χ0v) is 7.80. The predicted octanol–water partition coefficient (Wildman–Crippen LogP) is -0.499. The number of carbonyl (C=O) groups is 1. The number of aliphatic hydroxyl groups is 1.